The van der Waals surface area contributed by atoms with E-state index in [0.717, 1.165) is 30.1 Å². The number of ether oxygens (including phenoxy) is 1. The van der Waals surface area contributed by atoms with Crippen LogP contribution in [0.3, 0.4) is 0 Å². The Kier molecular flexibility index (Phi) is 8.42. The quantitative estimate of drug-likeness (QED) is 0.680. The van der Waals surface area contributed by atoms with Gasteiger partial charge in [-0.2, -0.15) is 0 Å². The van der Waals surface area contributed by atoms with Gasteiger partial charge in [0.2, 0.25) is 0 Å². The van der Waals surface area contributed by atoms with Gasteiger partial charge in [-0.25, -0.2) is 0 Å². The molecule has 2 aromatic rings. The molecule has 0 heterocycles. The van der Waals surface area contributed by atoms with Crippen LogP contribution in [-0.2, 0) is 11.3 Å². The molecule has 1 unspecified atom stereocenters. The van der Waals surface area contributed by atoms with E-state index in [1.165, 1.54) is 10.5 Å². The highest BCUT2D eigenvalue weighted by molar-refractivity contribution is 6.30. The van der Waals surface area contributed by atoms with Gasteiger partial charge < -0.3 is 14.7 Å². The zero-order valence-electron chi connectivity index (χ0n) is 15.1. The van der Waals surface area contributed by atoms with Crippen molar-refractivity contribution in [2.24, 2.45) is 0 Å². The van der Waals surface area contributed by atoms with E-state index in [1.54, 1.807) is 0 Å². The summed E-state index contributed by atoms with van der Waals surface area (Å²) in [6.45, 7) is 7.17. The van der Waals surface area contributed by atoms with Crippen LogP contribution in [0.2, 0.25) is 5.02 Å². The minimum atomic E-state index is -0.472. The van der Waals surface area contributed by atoms with Crippen LogP contribution in [0.1, 0.15) is 37.5 Å². The summed E-state index contributed by atoms with van der Waals surface area (Å²) in [5, 5.41) is 11.1. The normalized spacial score (nSPS) is 14.9. The summed E-state index contributed by atoms with van der Waals surface area (Å²) in [6, 6.07) is 18.1. The highest BCUT2D eigenvalue weighted by Crippen LogP contribution is 2.19. The van der Waals surface area contributed by atoms with E-state index in [2.05, 4.69) is 31.2 Å². The van der Waals surface area contributed by atoms with Crippen molar-refractivity contribution in [1.29, 1.82) is 0 Å². The van der Waals surface area contributed by atoms with Crippen LogP contribution < -0.4 is 4.90 Å². The maximum atomic E-state index is 10.4. The smallest absolute Gasteiger partial charge is 0.126 e. The number of aliphatic hydroxyl groups is 1. The molecule has 0 aliphatic rings. The molecule has 0 aliphatic carbocycles. The van der Waals surface area contributed by atoms with Crippen LogP contribution in [0.15, 0.2) is 54.6 Å². The molecule has 136 valence electrons. The zero-order valence-corrected chi connectivity index (χ0v) is 15.9. The Hall–Kier alpha value is -1.39. The van der Waals surface area contributed by atoms with Gasteiger partial charge in [-0.3, -0.25) is 0 Å². The Morgan fingerprint density at radius 2 is 1.76 bits per heavy atom. The summed E-state index contributed by atoms with van der Waals surface area (Å²) in [7, 11) is 0. The van der Waals surface area contributed by atoms with Gasteiger partial charge >= 0.3 is 0 Å². The van der Waals surface area contributed by atoms with Gasteiger partial charge in [-0.05, 0) is 31.0 Å². The standard InChI is InChI=1S/C21H28ClNO2/c1-3-13-23(14-18-7-5-4-6-8-18)15-21(24)16-25-17(2)19-9-11-20(22)12-10-19/h4-12,17,21,24H,3,13-16H2,1-2H3/p+1/t17-,21+/m0/s1. The number of aliphatic hydroxyl groups excluding tert-OH is 1. The molecule has 4 heteroatoms. The second-order valence-corrected chi connectivity index (χ2v) is 6.98. The van der Waals surface area contributed by atoms with Crippen molar-refractivity contribution in [3.8, 4) is 0 Å². The van der Waals surface area contributed by atoms with Gasteiger partial charge in [-0.1, -0.05) is 61.0 Å². The second kappa shape index (κ2) is 10.6. The summed E-state index contributed by atoms with van der Waals surface area (Å²) in [5.41, 5.74) is 2.37. The highest BCUT2D eigenvalue weighted by Gasteiger charge is 2.17. The van der Waals surface area contributed by atoms with Crippen molar-refractivity contribution in [3.63, 3.8) is 0 Å². The summed E-state index contributed by atoms with van der Waals surface area (Å²) < 4.78 is 5.85. The molecular weight excluding hydrogens is 334 g/mol. The van der Waals surface area contributed by atoms with Gasteiger partial charge in [0.25, 0.3) is 0 Å². The Labute approximate surface area is 156 Å². The number of quaternary nitrogens is 1. The lowest BCUT2D eigenvalue weighted by Crippen LogP contribution is -3.12. The van der Waals surface area contributed by atoms with Gasteiger partial charge in [0.15, 0.2) is 0 Å². The number of hydrogen-bond acceptors (Lipinski definition) is 2. The second-order valence-electron chi connectivity index (χ2n) is 6.55. The molecule has 25 heavy (non-hydrogen) atoms. The molecule has 3 nitrogen and oxygen atoms in total. The van der Waals surface area contributed by atoms with Crippen LogP contribution in [0, 0.1) is 0 Å². The first-order valence-electron chi connectivity index (χ1n) is 9.01. The van der Waals surface area contributed by atoms with Crippen molar-refractivity contribution in [1.82, 2.24) is 0 Å². The summed E-state index contributed by atoms with van der Waals surface area (Å²) in [5.74, 6) is 0. The Balaban J connectivity index is 1.81. The lowest BCUT2D eigenvalue weighted by molar-refractivity contribution is -0.917. The third kappa shape index (κ3) is 7.17. The molecule has 0 aromatic heterocycles. The molecule has 2 N–H and O–H groups in total. The van der Waals surface area contributed by atoms with Crippen molar-refractivity contribution in [2.75, 3.05) is 19.7 Å². The van der Waals surface area contributed by atoms with E-state index in [9.17, 15) is 5.11 Å². The fraction of sp³-hybridized carbons (Fsp3) is 0.429. The number of rotatable bonds is 10. The first-order valence-corrected chi connectivity index (χ1v) is 9.39. The molecule has 0 saturated heterocycles. The van der Waals surface area contributed by atoms with E-state index in [-0.39, 0.29) is 6.10 Å². The summed E-state index contributed by atoms with van der Waals surface area (Å²) >= 11 is 5.91. The lowest BCUT2D eigenvalue weighted by atomic mass is 10.1. The molecule has 0 bridgehead atoms. The van der Waals surface area contributed by atoms with Gasteiger partial charge in [0.1, 0.15) is 19.2 Å². The SMILES string of the molecule is CCC[NH+](Cc1ccccc1)C[C@@H](O)CO[C@@H](C)c1ccc(Cl)cc1. The average Bonchev–Trinajstić information content (AvgIpc) is 2.61. The predicted molar refractivity (Wildman–Crippen MR) is 103 cm³/mol. The van der Waals surface area contributed by atoms with E-state index in [4.69, 9.17) is 16.3 Å². The fourth-order valence-electron chi connectivity index (χ4n) is 2.98. The minimum absolute atomic E-state index is 0.0596. The fourth-order valence-corrected chi connectivity index (χ4v) is 3.10. The van der Waals surface area contributed by atoms with E-state index in [0.29, 0.717) is 13.2 Å². The molecule has 0 amide bonds. The molecule has 0 spiro atoms. The van der Waals surface area contributed by atoms with Gasteiger partial charge in [-0.15, -0.1) is 0 Å². The highest BCUT2D eigenvalue weighted by atomic mass is 35.5. The molecule has 0 fully saturated rings. The Morgan fingerprint density at radius 1 is 1.08 bits per heavy atom. The van der Waals surface area contributed by atoms with Gasteiger partial charge in [0, 0.05) is 10.6 Å². The van der Waals surface area contributed by atoms with Crippen LogP contribution in [-0.4, -0.2) is 30.9 Å². The topological polar surface area (TPSA) is 33.9 Å². The number of halogens is 1. The number of nitrogens with one attached hydrogen (secondary N) is 1. The number of benzene rings is 2. The summed E-state index contributed by atoms with van der Waals surface area (Å²) in [6.07, 6.45) is 0.562. The maximum absolute atomic E-state index is 10.4. The first-order chi connectivity index (χ1) is 12.1. The van der Waals surface area contributed by atoms with Crippen molar-refractivity contribution < 1.29 is 14.7 Å². The van der Waals surface area contributed by atoms with Crippen LogP contribution >= 0.6 is 11.6 Å². The average molecular weight is 363 g/mol. The van der Waals surface area contributed by atoms with Crippen LogP contribution in [0.5, 0.6) is 0 Å². The first kappa shape index (κ1) is 19.9. The number of hydrogen-bond donors (Lipinski definition) is 2. The molecular formula is C21H29ClNO2+. The Morgan fingerprint density at radius 3 is 2.40 bits per heavy atom. The van der Waals surface area contributed by atoms with Crippen molar-refractivity contribution in [3.05, 3.63) is 70.7 Å². The molecule has 2 rings (SSSR count). The Bertz CT molecular complexity index is 603. The molecule has 2 aromatic carbocycles. The van der Waals surface area contributed by atoms with Crippen LogP contribution in [0.25, 0.3) is 0 Å². The third-order valence-corrected chi connectivity index (χ3v) is 4.55. The van der Waals surface area contributed by atoms with Crippen LogP contribution in [0.4, 0.5) is 0 Å². The monoisotopic (exact) mass is 362 g/mol. The third-order valence-electron chi connectivity index (χ3n) is 4.30. The molecule has 0 saturated carbocycles. The molecule has 0 radical (unpaired) electrons. The molecule has 3 atom stereocenters. The van der Waals surface area contributed by atoms with E-state index in [1.807, 2.05) is 37.3 Å². The van der Waals surface area contributed by atoms with E-state index < -0.39 is 6.10 Å². The zero-order chi connectivity index (χ0) is 18.1. The maximum Gasteiger partial charge on any atom is 0.126 e. The van der Waals surface area contributed by atoms with Crippen molar-refractivity contribution in [2.45, 2.75) is 39.0 Å². The largest absolute Gasteiger partial charge is 0.385 e. The minimum Gasteiger partial charge on any atom is -0.385 e. The van der Waals surface area contributed by atoms with Gasteiger partial charge in [0.05, 0.1) is 19.3 Å². The predicted octanol–water partition coefficient (Wildman–Crippen LogP) is 3.27. The lowest BCUT2D eigenvalue weighted by Gasteiger charge is -2.23. The molecule has 0 aliphatic heterocycles. The van der Waals surface area contributed by atoms with E-state index >= 15 is 0 Å². The summed E-state index contributed by atoms with van der Waals surface area (Å²) in [4.78, 5) is 1.38. The van der Waals surface area contributed by atoms with Crippen molar-refractivity contribution >= 4 is 11.6 Å².